The van der Waals surface area contributed by atoms with E-state index in [1.165, 1.54) is 0 Å². The van der Waals surface area contributed by atoms with Crippen LogP contribution in [0.3, 0.4) is 0 Å². The number of halogens is 1. The molecule has 9 heteroatoms. The minimum atomic E-state index is -3.12. The monoisotopic (exact) mass is 331 g/mol. The van der Waals surface area contributed by atoms with Gasteiger partial charge in [0.1, 0.15) is 0 Å². The van der Waals surface area contributed by atoms with Gasteiger partial charge in [0, 0.05) is 43.6 Å². The summed E-state index contributed by atoms with van der Waals surface area (Å²) < 4.78 is 23.9. The van der Waals surface area contributed by atoms with Crippen molar-refractivity contribution in [3.05, 3.63) is 0 Å². The molecule has 0 spiro atoms. The summed E-state index contributed by atoms with van der Waals surface area (Å²) in [5.41, 5.74) is 0. The molecule has 1 amide bonds. The van der Waals surface area contributed by atoms with Gasteiger partial charge in [-0.25, -0.2) is 13.1 Å². The standard InChI is InChI=1S/C10H21N3O3S2.ClH/c1-18(15,16)13-4-2-3-12-10(14)7-9-8-17-6-5-11-9;/h9,11,13H,2-8H2,1H3,(H,12,14);1H. The molecule has 0 aromatic carbocycles. The second-order valence-corrected chi connectivity index (χ2v) is 7.28. The lowest BCUT2D eigenvalue weighted by atomic mass is 10.2. The van der Waals surface area contributed by atoms with Crippen LogP contribution < -0.4 is 15.4 Å². The zero-order chi connectivity index (χ0) is 13.4. The van der Waals surface area contributed by atoms with E-state index in [1.807, 2.05) is 11.8 Å². The van der Waals surface area contributed by atoms with Gasteiger partial charge in [0.15, 0.2) is 0 Å². The number of amides is 1. The Morgan fingerprint density at radius 2 is 2.16 bits per heavy atom. The van der Waals surface area contributed by atoms with Gasteiger partial charge < -0.3 is 10.6 Å². The van der Waals surface area contributed by atoms with Gasteiger partial charge in [-0.15, -0.1) is 12.4 Å². The molecule has 6 nitrogen and oxygen atoms in total. The number of carbonyl (C=O) groups is 1. The van der Waals surface area contributed by atoms with Crippen LogP contribution in [0.15, 0.2) is 0 Å². The molecule has 1 rings (SSSR count). The summed E-state index contributed by atoms with van der Waals surface area (Å²) in [6.07, 6.45) is 2.22. The highest BCUT2D eigenvalue weighted by molar-refractivity contribution is 7.99. The van der Waals surface area contributed by atoms with E-state index in [2.05, 4.69) is 15.4 Å². The van der Waals surface area contributed by atoms with Gasteiger partial charge in [-0.05, 0) is 6.42 Å². The highest BCUT2D eigenvalue weighted by Gasteiger charge is 2.16. The molecule has 1 heterocycles. The fourth-order valence-electron chi connectivity index (χ4n) is 1.62. The molecule has 0 saturated carbocycles. The van der Waals surface area contributed by atoms with Crippen molar-refractivity contribution in [1.82, 2.24) is 15.4 Å². The van der Waals surface area contributed by atoms with E-state index in [4.69, 9.17) is 0 Å². The lowest BCUT2D eigenvalue weighted by Gasteiger charge is -2.22. The molecule has 19 heavy (non-hydrogen) atoms. The minimum Gasteiger partial charge on any atom is -0.356 e. The minimum absolute atomic E-state index is 0. The van der Waals surface area contributed by atoms with Crippen LogP contribution in [0.1, 0.15) is 12.8 Å². The lowest BCUT2D eigenvalue weighted by Crippen LogP contribution is -2.41. The first-order valence-electron chi connectivity index (χ1n) is 6.00. The average molecular weight is 332 g/mol. The topological polar surface area (TPSA) is 87.3 Å². The van der Waals surface area contributed by atoms with Crippen LogP contribution in [0.25, 0.3) is 0 Å². The number of rotatable bonds is 7. The van der Waals surface area contributed by atoms with Crippen LogP contribution >= 0.6 is 24.2 Å². The Balaban J connectivity index is 0.00000324. The van der Waals surface area contributed by atoms with Gasteiger partial charge in [-0.3, -0.25) is 4.79 Å². The molecule has 1 fully saturated rings. The molecule has 1 atom stereocenters. The maximum absolute atomic E-state index is 11.6. The summed E-state index contributed by atoms with van der Waals surface area (Å²) in [6.45, 7) is 1.82. The zero-order valence-electron chi connectivity index (χ0n) is 11.0. The van der Waals surface area contributed by atoms with E-state index in [1.54, 1.807) is 0 Å². The normalized spacial score (nSPS) is 19.5. The average Bonchev–Trinajstić information content (AvgIpc) is 2.28. The van der Waals surface area contributed by atoms with Crippen molar-refractivity contribution >= 4 is 40.1 Å². The predicted molar refractivity (Wildman–Crippen MR) is 81.5 cm³/mol. The Bertz CT molecular complexity index is 359. The second-order valence-electron chi connectivity index (χ2n) is 4.30. The van der Waals surface area contributed by atoms with Crippen molar-refractivity contribution in [1.29, 1.82) is 0 Å². The van der Waals surface area contributed by atoms with Crippen molar-refractivity contribution < 1.29 is 13.2 Å². The maximum Gasteiger partial charge on any atom is 0.221 e. The van der Waals surface area contributed by atoms with Crippen LogP contribution in [0.5, 0.6) is 0 Å². The summed E-state index contributed by atoms with van der Waals surface area (Å²) in [5, 5.41) is 6.09. The molecule has 0 aromatic heterocycles. The quantitative estimate of drug-likeness (QED) is 0.550. The Morgan fingerprint density at radius 1 is 1.42 bits per heavy atom. The summed E-state index contributed by atoms with van der Waals surface area (Å²) in [7, 11) is -3.12. The third kappa shape index (κ3) is 10.4. The van der Waals surface area contributed by atoms with Gasteiger partial charge in [0.2, 0.25) is 15.9 Å². The Kier molecular flexibility index (Phi) is 9.81. The SMILES string of the molecule is CS(=O)(=O)NCCCNC(=O)CC1CSCCN1.Cl. The smallest absolute Gasteiger partial charge is 0.221 e. The van der Waals surface area contributed by atoms with Crippen molar-refractivity contribution in [2.45, 2.75) is 18.9 Å². The molecule has 0 aliphatic carbocycles. The maximum atomic E-state index is 11.6. The Labute approximate surface area is 125 Å². The second kappa shape index (κ2) is 9.82. The largest absolute Gasteiger partial charge is 0.356 e. The van der Waals surface area contributed by atoms with Gasteiger partial charge in [0.05, 0.1) is 6.26 Å². The van der Waals surface area contributed by atoms with Crippen molar-refractivity contribution in [2.75, 3.05) is 37.4 Å². The molecule has 3 N–H and O–H groups in total. The van der Waals surface area contributed by atoms with Crippen LogP contribution in [0.4, 0.5) is 0 Å². The lowest BCUT2D eigenvalue weighted by molar-refractivity contribution is -0.121. The molecule has 0 bridgehead atoms. The van der Waals surface area contributed by atoms with E-state index in [9.17, 15) is 13.2 Å². The first kappa shape index (κ1) is 19.0. The summed E-state index contributed by atoms with van der Waals surface area (Å²) in [5.74, 6) is 2.10. The number of carbonyl (C=O) groups excluding carboxylic acids is 1. The molecule has 0 aromatic rings. The van der Waals surface area contributed by atoms with Gasteiger partial charge in [0.25, 0.3) is 0 Å². The van der Waals surface area contributed by atoms with E-state index in [0.29, 0.717) is 25.9 Å². The molecule has 114 valence electrons. The third-order valence-corrected chi connectivity index (χ3v) is 4.33. The van der Waals surface area contributed by atoms with Crippen molar-refractivity contribution in [3.63, 3.8) is 0 Å². The van der Waals surface area contributed by atoms with Crippen LogP contribution in [0.2, 0.25) is 0 Å². The van der Waals surface area contributed by atoms with Crippen LogP contribution in [0, 0.1) is 0 Å². The molecule has 1 unspecified atom stereocenters. The number of thioether (sulfide) groups is 1. The van der Waals surface area contributed by atoms with E-state index < -0.39 is 10.0 Å². The Hall–Kier alpha value is -0.0200. The van der Waals surface area contributed by atoms with E-state index >= 15 is 0 Å². The first-order valence-corrected chi connectivity index (χ1v) is 9.04. The summed E-state index contributed by atoms with van der Waals surface area (Å²) in [6, 6.07) is 0.262. The predicted octanol–water partition coefficient (Wildman–Crippen LogP) is -0.441. The number of hydrogen-bond acceptors (Lipinski definition) is 5. The fraction of sp³-hybridized carbons (Fsp3) is 0.900. The number of hydrogen-bond donors (Lipinski definition) is 3. The molecule has 0 radical (unpaired) electrons. The third-order valence-electron chi connectivity index (χ3n) is 2.47. The number of sulfonamides is 1. The summed E-state index contributed by atoms with van der Waals surface area (Å²) >= 11 is 1.86. The van der Waals surface area contributed by atoms with Gasteiger partial charge in [-0.2, -0.15) is 11.8 Å². The summed E-state index contributed by atoms with van der Waals surface area (Å²) in [4.78, 5) is 11.6. The molecule has 1 aliphatic heterocycles. The van der Waals surface area contributed by atoms with Crippen LogP contribution in [-0.2, 0) is 14.8 Å². The molecule has 1 aliphatic rings. The molecular weight excluding hydrogens is 310 g/mol. The fourth-order valence-corrected chi connectivity index (χ4v) is 3.08. The highest BCUT2D eigenvalue weighted by atomic mass is 35.5. The Morgan fingerprint density at radius 3 is 2.74 bits per heavy atom. The van der Waals surface area contributed by atoms with Gasteiger partial charge in [-0.1, -0.05) is 0 Å². The van der Waals surface area contributed by atoms with Crippen molar-refractivity contribution in [2.24, 2.45) is 0 Å². The highest BCUT2D eigenvalue weighted by Crippen LogP contribution is 2.09. The van der Waals surface area contributed by atoms with E-state index in [-0.39, 0.29) is 24.4 Å². The molecular formula is C10H22ClN3O3S2. The van der Waals surface area contributed by atoms with Crippen LogP contribution in [-0.4, -0.2) is 57.8 Å². The molecule has 1 saturated heterocycles. The zero-order valence-corrected chi connectivity index (χ0v) is 13.4. The van der Waals surface area contributed by atoms with E-state index in [0.717, 1.165) is 24.3 Å². The van der Waals surface area contributed by atoms with Crippen molar-refractivity contribution in [3.8, 4) is 0 Å². The first-order chi connectivity index (χ1) is 8.47. The number of nitrogens with one attached hydrogen (secondary N) is 3. The van der Waals surface area contributed by atoms with Gasteiger partial charge >= 0.3 is 0 Å².